The molecule has 186 valence electrons. The predicted molar refractivity (Wildman–Crippen MR) is 119 cm³/mol. The molecule has 0 aliphatic carbocycles. The number of carbonyl (C=O) groups is 1. The molecule has 5 rings (SSSR count). The maximum Gasteiger partial charge on any atom is 0.326 e. The monoisotopic (exact) mass is 532 g/mol. The Morgan fingerprint density at radius 1 is 1.23 bits per heavy atom. The van der Waals surface area contributed by atoms with Crippen molar-refractivity contribution < 1.29 is 35.3 Å². The molecule has 2 aliphatic heterocycles. The maximum atomic E-state index is 14.9. The van der Waals surface area contributed by atoms with Crippen LogP contribution in [-0.2, 0) is 10.0 Å². The fourth-order valence-corrected chi connectivity index (χ4v) is 5.63. The molecule has 0 bridgehead atoms. The van der Waals surface area contributed by atoms with Gasteiger partial charge in [0.05, 0.1) is 17.2 Å². The average molecular weight is 533 g/mol. The topological polar surface area (TPSA) is 95.8 Å². The summed E-state index contributed by atoms with van der Waals surface area (Å²) in [6.45, 7) is -0.791. The van der Waals surface area contributed by atoms with Gasteiger partial charge < -0.3 is 9.42 Å². The summed E-state index contributed by atoms with van der Waals surface area (Å²) < 4.78 is 89.4. The largest absolute Gasteiger partial charge is 0.354 e. The number of carbonyl (C=O) groups excluding carboxylic acids is 1. The van der Waals surface area contributed by atoms with Gasteiger partial charge in [-0.3, -0.25) is 4.90 Å². The number of amides is 2. The van der Waals surface area contributed by atoms with Gasteiger partial charge in [-0.2, -0.15) is 0 Å². The van der Waals surface area contributed by atoms with Crippen molar-refractivity contribution in [3.63, 3.8) is 0 Å². The first kappa shape index (κ1) is 23.8. The van der Waals surface area contributed by atoms with Crippen LogP contribution < -0.4 is 9.62 Å². The summed E-state index contributed by atoms with van der Waals surface area (Å²) in [4.78, 5) is 15.2. The molecule has 3 heterocycles. The summed E-state index contributed by atoms with van der Waals surface area (Å²) in [5, 5.41) is 4.05. The molecule has 35 heavy (non-hydrogen) atoms. The van der Waals surface area contributed by atoms with Crippen molar-refractivity contribution in [3.8, 4) is 11.1 Å². The molecule has 0 radical (unpaired) electrons. The highest BCUT2D eigenvalue weighted by Crippen LogP contribution is 2.44. The Balaban J connectivity index is 1.59. The number of sulfonamides is 1. The summed E-state index contributed by atoms with van der Waals surface area (Å²) in [6.07, 6.45) is 0.538. The molecular weight excluding hydrogens is 516 g/mol. The van der Waals surface area contributed by atoms with Crippen molar-refractivity contribution in [1.82, 2.24) is 14.8 Å². The third-order valence-corrected chi connectivity index (χ3v) is 7.06. The minimum atomic E-state index is -3.97. The van der Waals surface area contributed by atoms with E-state index in [9.17, 15) is 30.8 Å². The fraction of sp³-hybridized carbons (Fsp3) is 0.333. The SMILES string of the molecule is CS(=O)(=O)N[C@@H]1CN2C(=O)N(c3noc4cc(Cl)cc(-c5c(F)cccc5F)c34)CC[C@@H]2C1(F)F. The van der Waals surface area contributed by atoms with Crippen LogP contribution in [0.5, 0.6) is 0 Å². The first-order valence-electron chi connectivity index (χ1n) is 10.3. The highest BCUT2D eigenvalue weighted by Gasteiger charge is 2.60. The van der Waals surface area contributed by atoms with Crippen molar-refractivity contribution in [2.24, 2.45) is 0 Å². The first-order chi connectivity index (χ1) is 16.4. The van der Waals surface area contributed by atoms with E-state index in [-0.39, 0.29) is 40.3 Å². The Labute approximate surface area is 201 Å². The molecule has 2 aliphatic rings. The molecule has 14 heteroatoms. The van der Waals surface area contributed by atoms with Crippen LogP contribution in [0.4, 0.5) is 28.2 Å². The van der Waals surface area contributed by atoms with E-state index in [2.05, 4.69) is 5.16 Å². The normalized spacial score (nSPS) is 22.2. The highest BCUT2D eigenvalue weighted by molar-refractivity contribution is 7.88. The van der Waals surface area contributed by atoms with Gasteiger partial charge in [-0.1, -0.05) is 22.8 Å². The molecule has 0 unspecified atom stereocenters. The lowest BCUT2D eigenvalue weighted by Gasteiger charge is -2.37. The smallest absolute Gasteiger partial charge is 0.326 e. The zero-order chi connectivity index (χ0) is 25.3. The number of urea groups is 1. The van der Waals surface area contributed by atoms with E-state index in [0.717, 1.165) is 28.2 Å². The van der Waals surface area contributed by atoms with E-state index < -0.39 is 57.8 Å². The minimum absolute atomic E-state index is 0.0300. The van der Waals surface area contributed by atoms with E-state index in [1.165, 1.54) is 18.2 Å². The van der Waals surface area contributed by atoms with Gasteiger partial charge in [0, 0.05) is 29.7 Å². The second-order valence-corrected chi connectivity index (χ2v) is 10.7. The van der Waals surface area contributed by atoms with Crippen LogP contribution in [0.25, 0.3) is 22.1 Å². The van der Waals surface area contributed by atoms with E-state index >= 15 is 0 Å². The molecular formula is C21H17ClF4N4O4S. The molecule has 0 saturated carbocycles. The van der Waals surface area contributed by atoms with Crippen molar-refractivity contribution >= 4 is 44.4 Å². The number of nitrogens with one attached hydrogen (secondary N) is 1. The number of hydrogen-bond acceptors (Lipinski definition) is 5. The Hall–Kier alpha value is -2.90. The van der Waals surface area contributed by atoms with E-state index in [1.54, 1.807) is 0 Å². The van der Waals surface area contributed by atoms with Crippen LogP contribution in [0.2, 0.25) is 5.02 Å². The third-order valence-electron chi connectivity index (χ3n) is 6.13. The minimum Gasteiger partial charge on any atom is -0.354 e. The van der Waals surface area contributed by atoms with Gasteiger partial charge in [0.15, 0.2) is 11.4 Å². The number of alkyl halides is 2. The predicted octanol–water partition coefficient (Wildman–Crippen LogP) is 3.99. The van der Waals surface area contributed by atoms with E-state index in [0.29, 0.717) is 0 Å². The average Bonchev–Trinajstić information content (AvgIpc) is 3.26. The molecule has 1 aromatic heterocycles. The van der Waals surface area contributed by atoms with Crippen molar-refractivity contribution in [1.29, 1.82) is 0 Å². The maximum absolute atomic E-state index is 14.9. The summed E-state index contributed by atoms with van der Waals surface area (Å²) in [5.74, 6) is -5.41. The molecule has 2 saturated heterocycles. The molecule has 3 aromatic rings. The summed E-state index contributed by atoms with van der Waals surface area (Å²) in [6, 6.07) is 1.72. The zero-order valence-corrected chi connectivity index (χ0v) is 19.5. The van der Waals surface area contributed by atoms with Gasteiger partial charge in [0.25, 0.3) is 5.92 Å². The lowest BCUT2D eigenvalue weighted by Crippen LogP contribution is -2.56. The molecule has 2 amide bonds. The summed E-state index contributed by atoms with van der Waals surface area (Å²) in [5.41, 5.74) is -0.419. The zero-order valence-electron chi connectivity index (χ0n) is 17.9. The fourth-order valence-electron chi connectivity index (χ4n) is 4.68. The Morgan fingerprint density at radius 3 is 2.57 bits per heavy atom. The Morgan fingerprint density at radius 2 is 1.91 bits per heavy atom. The first-order valence-corrected chi connectivity index (χ1v) is 12.6. The number of rotatable bonds is 4. The Kier molecular flexibility index (Phi) is 5.49. The highest BCUT2D eigenvalue weighted by atomic mass is 35.5. The van der Waals surface area contributed by atoms with Gasteiger partial charge in [-0.05, 0) is 24.6 Å². The molecule has 8 nitrogen and oxygen atoms in total. The summed E-state index contributed by atoms with van der Waals surface area (Å²) in [7, 11) is -3.97. The second kappa shape index (κ2) is 8.07. The quantitative estimate of drug-likeness (QED) is 0.513. The standard InChI is InChI=1S/C21H17ClF4N4O4S/c1-35(32,33)28-15-9-30-16(21(15,25)26)5-6-29(20(30)31)19-18-11(7-10(22)8-14(18)34-27-19)17-12(23)3-2-4-13(17)24/h2-4,7-8,15-16,28H,5-6,9H2,1H3/t15-,16-/m1/s1. The molecule has 2 aromatic carbocycles. The van der Waals surface area contributed by atoms with Gasteiger partial charge in [0.1, 0.15) is 23.7 Å². The lowest BCUT2D eigenvalue weighted by molar-refractivity contribution is -0.0448. The van der Waals surface area contributed by atoms with Gasteiger partial charge in [0.2, 0.25) is 10.0 Å². The molecule has 0 spiro atoms. The van der Waals surface area contributed by atoms with E-state index in [1.807, 2.05) is 4.72 Å². The van der Waals surface area contributed by atoms with Crippen LogP contribution in [0, 0.1) is 11.6 Å². The number of fused-ring (bicyclic) bond motifs is 2. The van der Waals surface area contributed by atoms with Crippen LogP contribution >= 0.6 is 11.6 Å². The van der Waals surface area contributed by atoms with Crippen LogP contribution in [-0.4, -0.2) is 61.9 Å². The molecule has 2 atom stereocenters. The number of anilines is 1. The number of benzene rings is 2. The van der Waals surface area contributed by atoms with Crippen LogP contribution in [0.15, 0.2) is 34.9 Å². The molecule has 1 N–H and O–H groups in total. The van der Waals surface area contributed by atoms with Gasteiger partial charge >= 0.3 is 6.03 Å². The van der Waals surface area contributed by atoms with Crippen LogP contribution in [0.1, 0.15) is 6.42 Å². The van der Waals surface area contributed by atoms with Gasteiger partial charge in [-0.25, -0.2) is 35.5 Å². The third kappa shape index (κ3) is 3.91. The molecule has 2 fully saturated rings. The number of hydrogen-bond donors (Lipinski definition) is 1. The van der Waals surface area contributed by atoms with E-state index in [4.69, 9.17) is 16.1 Å². The van der Waals surface area contributed by atoms with Gasteiger partial charge in [-0.15, -0.1) is 0 Å². The second-order valence-electron chi connectivity index (χ2n) is 8.44. The number of halogens is 5. The van der Waals surface area contributed by atoms with Crippen LogP contribution in [0.3, 0.4) is 0 Å². The van der Waals surface area contributed by atoms with Crippen molar-refractivity contribution in [3.05, 3.63) is 47.0 Å². The van der Waals surface area contributed by atoms with Crippen molar-refractivity contribution in [2.45, 2.75) is 24.4 Å². The number of aromatic nitrogens is 1. The Bertz CT molecular complexity index is 1440. The lowest BCUT2D eigenvalue weighted by atomic mass is 9.99. The summed E-state index contributed by atoms with van der Waals surface area (Å²) >= 11 is 6.11. The number of nitrogens with zero attached hydrogens (tertiary/aromatic N) is 3. The van der Waals surface area contributed by atoms with Crippen molar-refractivity contribution in [2.75, 3.05) is 24.2 Å².